The number of rotatable bonds is 7. The zero-order valence-corrected chi connectivity index (χ0v) is 15.0. The molecule has 0 heterocycles. The van der Waals surface area contributed by atoms with Crippen LogP contribution in [0.3, 0.4) is 0 Å². The van der Waals surface area contributed by atoms with Crippen LogP contribution < -0.4 is 5.73 Å². The van der Waals surface area contributed by atoms with Crippen molar-refractivity contribution in [1.29, 1.82) is 0 Å². The van der Waals surface area contributed by atoms with Crippen molar-refractivity contribution in [2.75, 3.05) is 0 Å². The molecule has 0 aromatic heterocycles. The summed E-state index contributed by atoms with van der Waals surface area (Å²) in [5.74, 6) is -0.395. The zero-order chi connectivity index (χ0) is 19.1. The first-order valence-electron chi connectivity index (χ1n) is 8.92. The van der Waals surface area contributed by atoms with Crippen LogP contribution in [0, 0.1) is 0 Å². The molecule has 3 N–H and O–H groups in total. The van der Waals surface area contributed by atoms with Crippen molar-refractivity contribution in [2.45, 2.75) is 25.2 Å². The number of carbonyl (C=O) groups excluding carboxylic acids is 1. The highest BCUT2D eigenvalue weighted by molar-refractivity contribution is 5.89. The lowest BCUT2D eigenvalue weighted by molar-refractivity contribution is 0.0472. The van der Waals surface area contributed by atoms with Gasteiger partial charge in [-0.05, 0) is 35.2 Å². The predicted molar refractivity (Wildman–Crippen MR) is 105 cm³/mol. The third-order valence-electron chi connectivity index (χ3n) is 4.42. The first kappa shape index (κ1) is 18.8. The fourth-order valence-electron chi connectivity index (χ4n) is 2.87. The molecule has 0 saturated carbocycles. The maximum atomic E-state index is 12.2. The Morgan fingerprint density at radius 2 is 1.41 bits per heavy atom. The summed E-state index contributed by atoms with van der Waals surface area (Å²) in [5, 5.41) is 10.5. The largest absolute Gasteiger partial charge is 0.457 e. The lowest BCUT2D eigenvalue weighted by atomic mass is 9.96. The van der Waals surface area contributed by atoms with Gasteiger partial charge in [0.15, 0.2) is 0 Å². The van der Waals surface area contributed by atoms with Gasteiger partial charge in [0.05, 0.1) is 11.7 Å². The molecule has 0 aliphatic carbocycles. The molecule has 0 aliphatic rings. The first-order valence-corrected chi connectivity index (χ1v) is 8.92. The van der Waals surface area contributed by atoms with Crippen LogP contribution in [0.4, 0.5) is 0 Å². The van der Waals surface area contributed by atoms with Gasteiger partial charge in [0, 0.05) is 6.04 Å². The molecular formula is C23H23NO3. The van der Waals surface area contributed by atoms with Gasteiger partial charge in [0.2, 0.25) is 0 Å². The molecule has 0 bridgehead atoms. The Morgan fingerprint density at radius 1 is 0.852 bits per heavy atom. The molecule has 4 heteroatoms. The van der Waals surface area contributed by atoms with Crippen LogP contribution in [0.15, 0.2) is 84.9 Å². The van der Waals surface area contributed by atoms with Gasteiger partial charge in [-0.15, -0.1) is 0 Å². The van der Waals surface area contributed by atoms with E-state index < -0.39 is 18.1 Å². The summed E-state index contributed by atoms with van der Waals surface area (Å²) in [4.78, 5) is 12.2. The highest BCUT2D eigenvalue weighted by Crippen LogP contribution is 2.19. The molecule has 0 unspecified atom stereocenters. The van der Waals surface area contributed by atoms with Crippen LogP contribution in [0.2, 0.25) is 0 Å². The predicted octanol–water partition coefficient (Wildman–Crippen LogP) is 3.65. The number of ether oxygens (including phenoxy) is 1. The summed E-state index contributed by atoms with van der Waals surface area (Å²) in [6, 6.07) is 25.6. The van der Waals surface area contributed by atoms with Crippen molar-refractivity contribution in [1.82, 2.24) is 0 Å². The molecule has 3 rings (SSSR count). The molecule has 2 atom stereocenters. The van der Waals surface area contributed by atoms with Gasteiger partial charge >= 0.3 is 5.97 Å². The van der Waals surface area contributed by atoms with Gasteiger partial charge in [-0.25, -0.2) is 4.79 Å². The average Bonchev–Trinajstić information content (AvgIpc) is 2.73. The van der Waals surface area contributed by atoms with Crippen LogP contribution in [0.5, 0.6) is 0 Å². The summed E-state index contributed by atoms with van der Waals surface area (Å²) >= 11 is 0. The SMILES string of the molecule is N[C@H](Cc1ccccc1)[C@@H](O)c1ccc(C(=O)OCc2ccccc2)cc1. The molecule has 4 nitrogen and oxygen atoms in total. The van der Waals surface area contributed by atoms with Gasteiger partial charge in [0.1, 0.15) is 6.61 Å². The zero-order valence-electron chi connectivity index (χ0n) is 15.0. The minimum absolute atomic E-state index is 0.228. The number of hydrogen-bond donors (Lipinski definition) is 2. The van der Waals surface area contributed by atoms with Gasteiger partial charge in [-0.1, -0.05) is 72.8 Å². The van der Waals surface area contributed by atoms with E-state index in [2.05, 4.69) is 0 Å². The van der Waals surface area contributed by atoms with Crippen molar-refractivity contribution < 1.29 is 14.6 Å². The summed E-state index contributed by atoms with van der Waals surface area (Å²) in [7, 11) is 0. The fraction of sp³-hybridized carbons (Fsp3) is 0.174. The van der Waals surface area contributed by atoms with Crippen molar-refractivity contribution in [2.24, 2.45) is 5.73 Å². The van der Waals surface area contributed by atoms with Gasteiger partial charge < -0.3 is 15.6 Å². The van der Waals surface area contributed by atoms with Crippen LogP contribution >= 0.6 is 0 Å². The van der Waals surface area contributed by atoms with Gasteiger partial charge in [-0.3, -0.25) is 0 Å². The second-order valence-corrected chi connectivity index (χ2v) is 6.48. The van der Waals surface area contributed by atoms with E-state index in [9.17, 15) is 9.90 Å². The number of aliphatic hydroxyl groups is 1. The van der Waals surface area contributed by atoms with E-state index in [1.54, 1.807) is 24.3 Å². The maximum absolute atomic E-state index is 12.2. The topological polar surface area (TPSA) is 72.5 Å². The summed E-state index contributed by atoms with van der Waals surface area (Å²) in [6.45, 7) is 0.228. The average molecular weight is 361 g/mol. The van der Waals surface area contributed by atoms with E-state index in [-0.39, 0.29) is 6.61 Å². The third kappa shape index (κ3) is 5.26. The number of hydrogen-bond acceptors (Lipinski definition) is 4. The molecule has 0 radical (unpaired) electrons. The number of aliphatic hydroxyl groups excluding tert-OH is 1. The Balaban J connectivity index is 1.58. The van der Waals surface area contributed by atoms with E-state index in [0.29, 0.717) is 17.5 Å². The normalized spacial score (nSPS) is 13.0. The highest BCUT2D eigenvalue weighted by atomic mass is 16.5. The monoisotopic (exact) mass is 361 g/mol. The molecule has 138 valence electrons. The van der Waals surface area contributed by atoms with Crippen molar-refractivity contribution >= 4 is 5.97 Å². The minimum atomic E-state index is -0.806. The van der Waals surface area contributed by atoms with E-state index >= 15 is 0 Å². The summed E-state index contributed by atoms with van der Waals surface area (Å²) in [6.07, 6.45) is -0.234. The Labute approximate surface area is 159 Å². The van der Waals surface area contributed by atoms with Crippen LogP contribution in [-0.2, 0) is 17.8 Å². The maximum Gasteiger partial charge on any atom is 0.338 e. The smallest absolute Gasteiger partial charge is 0.338 e. The van der Waals surface area contributed by atoms with Crippen LogP contribution in [0.1, 0.15) is 33.2 Å². The standard InChI is InChI=1S/C23H23NO3/c24-21(15-17-7-3-1-4-8-17)22(25)19-11-13-20(14-12-19)23(26)27-16-18-9-5-2-6-10-18/h1-14,21-22,25H,15-16,24H2/t21-,22+/m1/s1. The Kier molecular flexibility index (Phi) is 6.36. The first-order chi connectivity index (χ1) is 13.1. The van der Waals surface area contributed by atoms with Crippen molar-refractivity contribution in [3.63, 3.8) is 0 Å². The quantitative estimate of drug-likeness (QED) is 0.630. The highest BCUT2D eigenvalue weighted by Gasteiger charge is 2.18. The van der Waals surface area contributed by atoms with Crippen molar-refractivity contribution in [3.8, 4) is 0 Å². The number of nitrogens with two attached hydrogens (primary N) is 1. The second-order valence-electron chi connectivity index (χ2n) is 6.48. The number of benzene rings is 3. The molecule has 0 spiro atoms. The van der Waals surface area contributed by atoms with E-state index in [1.165, 1.54) is 0 Å². The molecule has 27 heavy (non-hydrogen) atoms. The van der Waals surface area contributed by atoms with E-state index in [1.807, 2.05) is 60.7 Å². The Hall–Kier alpha value is -2.95. The molecule has 3 aromatic rings. The number of carbonyl (C=O) groups is 1. The van der Waals surface area contributed by atoms with E-state index in [0.717, 1.165) is 11.1 Å². The molecule has 0 saturated heterocycles. The molecule has 0 fully saturated rings. The summed E-state index contributed by atoms with van der Waals surface area (Å²) in [5.41, 5.74) is 9.28. The van der Waals surface area contributed by atoms with Gasteiger partial charge in [-0.2, -0.15) is 0 Å². The summed E-state index contributed by atoms with van der Waals surface area (Å²) < 4.78 is 5.31. The Morgan fingerprint density at radius 3 is 2.00 bits per heavy atom. The van der Waals surface area contributed by atoms with Crippen LogP contribution in [-0.4, -0.2) is 17.1 Å². The lowest BCUT2D eigenvalue weighted by Crippen LogP contribution is -2.30. The van der Waals surface area contributed by atoms with E-state index in [4.69, 9.17) is 10.5 Å². The molecular weight excluding hydrogens is 338 g/mol. The van der Waals surface area contributed by atoms with Crippen molar-refractivity contribution in [3.05, 3.63) is 107 Å². The number of esters is 1. The van der Waals surface area contributed by atoms with Gasteiger partial charge in [0.25, 0.3) is 0 Å². The third-order valence-corrected chi connectivity index (χ3v) is 4.42. The fourth-order valence-corrected chi connectivity index (χ4v) is 2.87. The van der Waals surface area contributed by atoms with Crippen LogP contribution in [0.25, 0.3) is 0 Å². The molecule has 0 amide bonds. The molecule has 0 aliphatic heterocycles. The minimum Gasteiger partial charge on any atom is -0.457 e. The second kappa shape index (κ2) is 9.12. The lowest BCUT2D eigenvalue weighted by Gasteiger charge is -2.19. The molecule has 3 aromatic carbocycles. The Bertz CT molecular complexity index is 848.